The number of hydrogen-bond acceptors (Lipinski definition) is 0. The van der Waals surface area contributed by atoms with Crippen molar-refractivity contribution in [3.8, 4) is 0 Å². The highest BCUT2D eigenvalue weighted by molar-refractivity contribution is 5.46. The van der Waals surface area contributed by atoms with E-state index in [0.29, 0.717) is 0 Å². The van der Waals surface area contributed by atoms with Gasteiger partial charge in [0.05, 0.1) is 0 Å². The largest absolute Gasteiger partial charge is 0.361 e. The lowest BCUT2D eigenvalue weighted by Crippen LogP contribution is -2.26. The van der Waals surface area contributed by atoms with Crippen LogP contribution in [0.5, 0.6) is 0 Å². The zero-order chi connectivity index (χ0) is 6.97. The third kappa shape index (κ3) is 0.703. The summed E-state index contributed by atoms with van der Waals surface area (Å²) in [6.07, 6.45) is 6.72. The Labute approximate surface area is 61.6 Å². The second-order valence-corrected chi connectivity index (χ2v) is 2.83. The predicted octanol–water partition coefficient (Wildman–Crippen LogP) is 1.01. The van der Waals surface area contributed by atoms with Crippen molar-refractivity contribution in [1.29, 1.82) is 0 Å². The van der Waals surface area contributed by atoms with Crippen LogP contribution in [0.15, 0.2) is 12.3 Å². The van der Waals surface area contributed by atoms with Crippen LogP contribution in [0.4, 0.5) is 0 Å². The Hall–Kier alpha value is -0.980. The fourth-order valence-electron chi connectivity index (χ4n) is 1.49. The molecule has 1 heterocycles. The molecule has 0 saturated carbocycles. The third-order valence-electron chi connectivity index (χ3n) is 2.09. The molecule has 0 unspecified atom stereocenters. The first kappa shape index (κ1) is 5.78. The van der Waals surface area contributed by atoms with Crippen molar-refractivity contribution < 1.29 is 1.43 Å². The van der Waals surface area contributed by atoms with Crippen LogP contribution in [0.1, 0.15) is 21.2 Å². The van der Waals surface area contributed by atoms with E-state index >= 15 is 0 Å². The molecule has 0 spiro atoms. The van der Waals surface area contributed by atoms with Crippen LogP contribution in [0.2, 0.25) is 0 Å². The summed E-state index contributed by atoms with van der Waals surface area (Å²) in [4.78, 5) is 3.24. The van der Waals surface area contributed by atoms with E-state index in [1.807, 2.05) is 6.20 Å². The number of aromatic amines is 1. The Balaban J connectivity index is 0.000000605. The molecule has 0 amide bonds. The van der Waals surface area contributed by atoms with Crippen molar-refractivity contribution in [2.75, 3.05) is 0 Å². The molecule has 0 saturated heterocycles. The van der Waals surface area contributed by atoms with Gasteiger partial charge in [0, 0.05) is 13.0 Å². The van der Waals surface area contributed by atoms with Crippen molar-refractivity contribution in [3.05, 3.63) is 22.8 Å². The van der Waals surface area contributed by atoms with Gasteiger partial charge >= 0.3 is 0 Å². The zero-order valence-electron chi connectivity index (χ0n) is 6.15. The molecular weight excluding hydrogens is 122 g/mol. The molecule has 0 atom stereocenters. The fourth-order valence-corrected chi connectivity index (χ4v) is 1.49. The van der Waals surface area contributed by atoms with Crippen molar-refractivity contribution >= 4 is 11.6 Å². The molecule has 1 nitrogen and oxygen atoms in total. The molecule has 1 aromatic rings. The molecule has 1 heteroatoms. The van der Waals surface area contributed by atoms with Gasteiger partial charge in [-0.25, -0.2) is 0 Å². The van der Waals surface area contributed by atoms with E-state index in [2.05, 4.69) is 24.1 Å². The van der Waals surface area contributed by atoms with Gasteiger partial charge in [-0.05, 0) is 36.6 Å². The Morgan fingerprint density at radius 3 is 3.30 bits per heavy atom. The van der Waals surface area contributed by atoms with E-state index < -0.39 is 0 Å². The lowest BCUT2D eigenvalue weighted by atomic mass is 10.1. The normalized spacial score (nSPS) is 16.3. The van der Waals surface area contributed by atoms with E-state index in [1.165, 1.54) is 29.0 Å². The molecule has 0 radical (unpaired) electrons. The molecule has 0 aromatic carbocycles. The molecule has 54 valence electrons. The fraction of sp³-hybridized carbons (Fsp3) is 0.333. The Kier molecular flexibility index (Phi) is 1.16. The number of H-pyrrole nitrogens is 1. The highest BCUT2D eigenvalue weighted by Crippen LogP contribution is 2.04. The van der Waals surface area contributed by atoms with Gasteiger partial charge < -0.3 is 4.98 Å². The molecule has 1 aromatic heterocycles. The van der Waals surface area contributed by atoms with Crippen molar-refractivity contribution in [2.45, 2.75) is 19.8 Å². The highest BCUT2D eigenvalue weighted by atomic mass is 14.6. The van der Waals surface area contributed by atoms with E-state index in [4.69, 9.17) is 0 Å². The van der Waals surface area contributed by atoms with Gasteiger partial charge in [0.25, 0.3) is 0 Å². The molecule has 0 fully saturated rings. The summed E-state index contributed by atoms with van der Waals surface area (Å²) in [5.74, 6) is 0. The molecule has 1 aliphatic carbocycles. The monoisotopic (exact) mass is 135 g/mol. The first-order valence-corrected chi connectivity index (χ1v) is 3.71. The van der Waals surface area contributed by atoms with E-state index in [9.17, 15) is 0 Å². The van der Waals surface area contributed by atoms with Crippen LogP contribution in [0, 0.1) is 0 Å². The summed E-state index contributed by atoms with van der Waals surface area (Å²) < 4.78 is 0. The van der Waals surface area contributed by atoms with Gasteiger partial charge in [-0.3, -0.25) is 0 Å². The SMILES string of the molecule is CC1=c2[nH]ccc2=CCC1.[HH]. The van der Waals surface area contributed by atoms with E-state index in [1.54, 1.807) is 0 Å². The van der Waals surface area contributed by atoms with Crippen molar-refractivity contribution in [3.63, 3.8) is 0 Å². The van der Waals surface area contributed by atoms with E-state index in [0.717, 1.165) is 0 Å². The van der Waals surface area contributed by atoms with Crippen LogP contribution in [0.25, 0.3) is 11.6 Å². The van der Waals surface area contributed by atoms with Gasteiger partial charge in [0.2, 0.25) is 0 Å². The predicted molar refractivity (Wildman–Crippen MR) is 44.9 cm³/mol. The van der Waals surface area contributed by atoms with Crippen LogP contribution in [-0.2, 0) is 0 Å². The summed E-state index contributed by atoms with van der Waals surface area (Å²) in [7, 11) is 0. The van der Waals surface area contributed by atoms with Gasteiger partial charge in [0.15, 0.2) is 0 Å². The molecule has 1 aliphatic rings. The second kappa shape index (κ2) is 2.01. The molecule has 1 N–H and O–H groups in total. The topological polar surface area (TPSA) is 15.8 Å². The van der Waals surface area contributed by atoms with Gasteiger partial charge in [-0.1, -0.05) is 6.08 Å². The summed E-state index contributed by atoms with van der Waals surface area (Å²) in [5, 5.41) is 2.72. The Morgan fingerprint density at radius 1 is 1.60 bits per heavy atom. The average molecular weight is 135 g/mol. The van der Waals surface area contributed by atoms with Crippen molar-refractivity contribution in [1.82, 2.24) is 4.98 Å². The number of rotatable bonds is 0. The minimum absolute atomic E-state index is 0. The second-order valence-electron chi connectivity index (χ2n) is 2.83. The summed E-state index contributed by atoms with van der Waals surface area (Å²) in [6.45, 7) is 2.20. The van der Waals surface area contributed by atoms with Crippen LogP contribution >= 0.6 is 0 Å². The van der Waals surface area contributed by atoms with Crippen LogP contribution in [0.3, 0.4) is 0 Å². The quantitative estimate of drug-likeness (QED) is 0.546. The summed E-state index contributed by atoms with van der Waals surface area (Å²) >= 11 is 0. The lowest BCUT2D eigenvalue weighted by Gasteiger charge is -2.00. The summed E-state index contributed by atoms with van der Waals surface area (Å²) in [5.41, 5.74) is 1.49. The number of fused-ring (bicyclic) bond motifs is 1. The van der Waals surface area contributed by atoms with Crippen LogP contribution < -0.4 is 10.6 Å². The van der Waals surface area contributed by atoms with Gasteiger partial charge in [0.1, 0.15) is 0 Å². The van der Waals surface area contributed by atoms with Gasteiger partial charge in [-0.2, -0.15) is 0 Å². The molecule has 2 rings (SSSR count). The molecule has 0 aliphatic heterocycles. The molecular formula is C9H13N. The standard InChI is InChI=1S/C9H11N.H2/c1-7-3-2-4-8-5-6-10-9(7)8;/h4-6,10H,2-3H2,1H3;1H. The van der Waals surface area contributed by atoms with Gasteiger partial charge in [-0.15, -0.1) is 0 Å². The van der Waals surface area contributed by atoms with Crippen LogP contribution in [-0.4, -0.2) is 4.98 Å². The Bertz CT molecular complexity index is 348. The minimum atomic E-state index is 0. The van der Waals surface area contributed by atoms with Crippen molar-refractivity contribution in [2.24, 2.45) is 0 Å². The molecule has 0 bridgehead atoms. The maximum absolute atomic E-state index is 3.24. The number of nitrogens with one attached hydrogen (secondary N) is 1. The summed E-state index contributed by atoms with van der Waals surface area (Å²) in [6, 6.07) is 2.14. The van der Waals surface area contributed by atoms with E-state index in [-0.39, 0.29) is 1.43 Å². The number of aromatic nitrogens is 1. The smallest absolute Gasteiger partial charge is 0.0439 e. The minimum Gasteiger partial charge on any atom is -0.361 e. The lowest BCUT2D eigenvalue weighted by molar-refractivity contribution is 1.05. The first-order valence-electron chi connectivity index (χ1n) is 3.71. The zero-order valence-corrected chi connectivity index (χ0v) is 6.15. The maximum Gasteiger partial charge on any atom is 0.0439 e. The maximum atomic E-state index is 3.24. The molecule has 10 heavy (non-hydrogen) atoms. The average Bonchev–Trinajstić information content (AvgIpc) is 2.36. The highest BCUT2D eigenvalue weighted by Gasteiger charge is 1.98. The first-order chi connectivity index (χ1) is 4.88. The Morgan fingerprint density at radius 2 is 2.50 bits per heavy atom. The third-order valence-corrected chi connectivity index (χ3v) is 2.09. The number of hydrogen-bond donors (Lipinski definition) is 1.